The Hall–Kier alpha value is -1.47. The number of alkyl halides is 3. The van der Waals surface area contributed by atoms with E-state index in [4.69, 9.17) is 0 Å². The molecule has 0 unspecified atom stereocenters. The molecule has 4 nitrogen and oxygen atoms in total. The van der Waals surface area contributed by atoms with Crippen molar-refractivity contribution in [3.8, 4) is 5.75 Å². The van der Waals surface area contributed by atoms with Gasteiger partial charge in [-0.15, -0.1) is 13.2 Å². The molecular weight excluding hydrogens is 307 g/mol. The van der Waals surface area contributed by atoms with Crippen LogP contribution in [0.2, 0.25) is 0 Å². The van der Waals surface area contributed by atoms with Crippen molar-refractivity contribution in [2.45, 2.75) is 37.7 Å². The van der Waals surface area contributed by atoms with Gasteiger partial charge in [0.25, 0.3) is 0 Å². The number of piperidine rings is 1. The van der Waals surface area contributed by atoms with Crippen molar-refractivity contribution >= 4 is 5.69 Å². The third-order valence-corrected chi connectivity index (χ3v) is 4.46. The highest BCUT2D eigenvalue weighted by Gasteiger charge is 2.33. The third-order valence-electron chi connectivity index (χ3n) is 4.46. The number of likely N-dealkylation sites (tertiary alicyclic amines) is 1. The van der Waals surface area contributed by atoms with E-state index in [1.807, 2.05) is 0 Å². The van der Waals surface area contributed by atoms with Crippen LogP contribution in [0.5, 0.6) is 5.75 Å². The van der Waals surface area contributed by atoms with Gasteiger partial charge in [0.15, 0.2) is 0 Å². The second-order valence-electron chi connectivity index (χ2n) is 6.15. The molecule has 2 N–H and O–H groups in total. The second-order valence-corrected chi connectivity index (χ2v) is 6.15. The highest BCUT2D eigenvalue weighted by Crippen LogP contribution is 2.26. The average Bonchev–Trinajstić information content (AvgIpc) is 2.95. The SMILES string of the molecule is FC(F)(F)Oc1cccc(N[C@@H]2CNC[C@H]2N2CCCCC2)c1. The van der Waals surface area contributed by atoms with Crippen LogP contribution in [0.4, 0.5) is 18.9 Å². The number of hydrogen-bond donors (Lipinski definition) is 2. The average molecular weight is 329 g/mol. The van der Waals surface area contributed by atoms with Crippen LogP contribution in [0.25, 0.3) is 0 Å². The van der Waals surface area contributed by atoms with Gasteiger partial charge in [0.1, 0.15) is 5.75 Å². The summed E-state index contributed by atoms with van der Waals surface area (Å²) in [6.45, 7) is 3.92. The summed E-state index contributed by atoms with van der Waals surface area (Å²) in [5.41, 5.74) is 0.655. The van der Waals surface area contributed by atoms with Crippen molar-refractivity contribution in [2.75, 3.05) is 31.5 Å². The summed E-state index contributed by atoms with van der Waals surface area (Å²) in [6, 6.07) is 6.63. The number of ether oxygens (including phenoxy) is 1. The Kier molecular flexibility index (Phi) is 4.96. The van der Waals surface area contributed by atoms with E-state index in [9.17, 15) is 13.2 Å². The molecule has 0 spiro atoms. The Morgan fingerprint density at radius 3 is 2.65 bits per heavy atom. The van der Waals surface area contributed by atoms with Crippen LogP contribution in [0, 0.1) is 0 Å². The van der Waals surface area contributed by atoms with Gasteiger partial charge in [-0.05, 0) is 38.1 Å². The van der Waals surface area contributed by atoms with E-state index in [0.29, 0.717) is 11.7 Å². The molecule has 0 bridgehead atoms. The van der Waals surface area contributed by atoms with E-state index in [-0.39, 0.29) is 11.8 Å². The van der Waals surface area contributed by atoms with E-state index in [1.54, 1.807) is 12.1 Å². The van der Waals surface area contributed by atoms with Crippen molar-refractivity contribution < 1.29 is 17.9 Å². The van der Waals surface area contributed by atoms with Gasteiger partial charge < -0.3 is 15.4 Å². The first kappa shape index (κ1) is 16.4. The van der Waals surface area contributed by atoms with Gasteiger partial charge in [0.05, 0.1) is 6.04 Å². The summed E-state index contributed by atoms with van der Waals surface area (Å²) >= 11 is 0. The minimum Gasteiger partial charge on any atom is -0.406 e. The summed E-state index contributed by atoms with van der Waals surface area (Å²) in [7, 11) is 0. The molecule has 2 atom stereocenters. The fourth-order valence-corrected chi connectivity index (χ4v) is 3.44. The van der Waals surface area contributed by atoms with Crippen molar-refractivity contribution in [3.05, 3.63) is 24.3 Å². The Morgan fingerprint density at radius 2 is 1.91 bits per heavy atom. The first-order valence-corrected chi connectivity index (χ1v) is 8.08. The molecule has 3 rings (SSSR count). The molecule has 2 fully saturated rings. The molecule has 0 aliphatic carbocycles. The van der Waals surface area contributed by atoms with Crippen molar-refractivity contribution in [1.29, 1.82) is 0 Å². The Morgan fingerprint density at radius 1 is 1.13 bits per heavy atom. The largest absolute Gasteiger partial charge is 0.573 e. The van der Waals surface area contributed by atoms with Gasteiger partial charge in [0, 0.05) is 30.9 Å². The lowest BCUT2D eigenvalue weighted by molar-refractivity contribution is -0.274. The minimum atomic E-state index is -4.66. The Labute approximate surface area is 134 Å². The Balaban J connectivity index is 1.64. The fourth-order valence-electron chi connectivity index (χ4n) is 3.44. The molecule has 7 heteroatoms. The van der Waals surface area contributed by atoms with Crippen molar-refractivity contribution in [2.24, 2.45) is 0 Å². The predicted molar refractivity (Wildman–Crippen MR) is 82.6 cm³/mol. The molecule has 1 aromatic rings. The molecule has 0 saturated carbocycles. The number of benzene rings is 1. The lowest BCUT2D eigenvalue weighted by Gasteiger charge is -2.35. The maximum atomic E-state index is 12.3. The first-order chi connectivity index (χ1) is 11.0. The predicted octanol–water partition coefficient (Wildman–Crippen LogP) is 2.82. The van der Waals surface area contributed by atoms with Crippen LogP contribution in [0.1, 0.15) is 19.3 Å². The third kappa shape index (κ3) is 4.51. The van der Waals surface area contributed by atoms with E-state index >= 15 is 0 Å². The number of hydrogen-bond acceptors (Lipinski definition) is 4. The fraction of sp³-hybridized carbons (Fsp3) is 0.625. The summed E-state index contributed by atoms with van der Waals surface area (Å²) < 4.78 is 41.0. The van der Waals surface area contributed by atoms with Crippen LogP contribution in [-0.2, 0) is 0 Å². The van der Waals surface area contributed by atoms with Crippen LogP contribution in [0.3, 0.4) is 0 Å². The van der Waals surface area contributed by atoms with Gasteiger partial charge in [-0.25, -0.2) is 0 Å². The summed E-state index contributed by atoms with van der Waals surface area (Å²) in [5.74, 6) is -0.192. The van der Waals surface area contributed by atoms with E-state index in [2.05, 4.69) is 20.3 Å². The first-order valence-electron chi connectivity index (χ1n) is 8.08. The topological polar surface area (TPSA) is 36.5 Å². The zero-order valence-corrected chi connectivity index (χ0v) is 12.9. The zero-order chi connectivity index (χ0) is 16.3. The molecule has 2 aliphatic heterocycles. The number of anilines is 1. The normalized spacial score (nSPS) is 26.2. The summed E-state index contributed by atoms with van der Waals surface area (Å²) in [4.78, 5) is 2.48. The molecule has 0 aromatic heterocycles. The maximum Gasteiger partial charge on any atom is 0.573 e. The van der Waals surface area contributed by atoms with Gasteiger partial charge in [-0.1, -0.05) is 12.5 Å². The summed E-state index contributed by atoms with van der Waals surface area (Å²) in [6.07, 6.45) is -0.939. The molecular formula is C16H22F3N3O. The molecule has 0 amide bonds. The molecule has 2 aliphatic rings. The van der Waals surface area contributed by atoms with Crippen LogP contribution >= 0.6 is 0 Å². The molecule has 1 aromatic carbocycles. The molecule has 0 radical (unpaired) electrons. The minimum absolute atomic E-state index is 0.189. The van der Waals surface area contributed by atoms with Crippen LogP contribution in [-0.4, -0.2) is 49.5 Å². The van der Waals surface area contributed by atoms with E-state index in [1.165, 1.54) is 31.4 Å². The van der Waals surface area contributed by atoms with Crippen molar-refractivity contribution in [1.82, 2.24) is 10.2 Å². The highest BCUT2D eigenvalue weighted by molar-refractivity contribution is 5.49. The smallest absolute Gasteiger partial charge is 0.406 e. The summed E-state index contributed by atoms with van der Waals surface area (Å²) in [5, 5.41) is 6.74. The lowest BCUT2D eigenvalue weighted by Crippen LogP contribution is -2.48. The van der Waals surface area contributed by atoms with Crippen LogP contribution in [0.15, 0.2) is 24.3 Å². The van der Waals surface area contributed by atoms with Crippen LogP contribution < -0.4 is 15.4 Å². The maximum absolute atomic E-state index is 12.3. The standard InChI is InChI=1S/C16H22F3N3O/c17-16(18,19)23-13-6-4-5-12(9-13)21-14-10-20-11-15(14)22-7-2-1-3-8-22/h4-6,9,14-15,20-21H,1-3,7-8,10-11H2/t14-,15-/m1/s1. The monoisotopic (exact) mass is 329 g/mol. The van der Waals surface area contributed by atoms with Gasteiger partial charge in [-0.3, -0.25) is 4.90 Å². The molecule has 2 heterocycles. The highest BCUT2D eigenvalue weighted by atomic mass is 19.4. The second kappa shape index (κ2) is 6.97. The Bertz CT molecular complexity index is 518. The number of halogens is 3. The lowest BCUT2D eigenvalue weighted by atomic mass is 10.0. The molecule has 2 saturated heterocycles. The number of rotatable bonds is 4. The molecule has 128 valence electrons. The van der Waals surface area contributed by atoms with E-state index < -0.39 is 6.36 Å². The zero-order valence-electron chi connectivity index (χ0n) is 12.9. The number of nitrogens with zero attached hydrogens (tertiary/aromatic N) is 1. The molecule has 23 heavy (non-hydrogen) atoms. The van der Waals surface area contributed by atoms with E-state index in [0.717, 1.165) is 26.2 Å². The van der Waals surface area contributed by atoms with Gasteiger partial charge in [-0.2, -0.15) is 0 Å². The van der Waals surface area contributed by atoms with Gasteiger partial charge in [0.2, 0.25) is 0 Å². The quantitative estimate of drug-likeness (QED) is 0.891. The number of nitrogens with one attached hydrogen (secondary N) is 2. The van der Waals surface area contributed by atoms with Gasteiger partial charge >= 0.3 is 6.36 Å². The van der Waals surface area contributed by atoms with Crippen molar-refractivity contribution in [3.63, 3.8) is 0 Å².